The van der Waals surface area contributed by atoms with Gasteiger partial charge in [0.1, 0.15) is 6.54 Å². The topological polar surface area (TPSA) is 145 Å². The second kappa shape index (κ2) is 8.77. The molecule has 1 aromatic rings. The monoisotopic (exact) mass is 385 g/mol. The van der Waals surface area contributed by atoms with Crippen LogP contribution >= 0.6 is 0 Å². The lowest BCUT2D eigenvalue weighted by molar-refractivity contribution is -0.157. The number of urea groups is 1. The van der Waals surface area contributed by atoms with Crippen molar-refractivity contribution in [3.63, 3.8) is 0 Å². The normalized spacial score (nSPS) is 12.5. The van der Waals surface area contributed by atoms with Gasteiger partial charge in [-0.25, -0.2) is 13.2 Å². The molecule has 0 heterocycles. The van der Waals surface area contributed by atoms with Crippen LogP contribution in [0.1, 0.15) is 25.0 Å². The van der Waals surface area contributed by atoms with Crippen LogP contribution in [0, 0.1) is 19.8 Å². The second-order valence-electron chi connectivity index (χ2n) is 6.08. The maximum atomic E-state index is 12.2. The van der Waals surface area contributed by atoms with E-state index in [4.69, 9.17) is 10.5 Å². The first-order valence-corrected chi connectivity index (χ1v) is 9.29. The number of amides is 3. The minimum absolute atomic E-state index is 0.0141. The molecule has 0 aliphatic rings. The molecule has 0 fully saturated rings. The lowest BCUT2D eigenvalue weighted by Crippen LogP contribution is -2.46. The van der Waals surface area contributed by atoms with Crippen LogP contribution < -0.4 is 15.8 Å². The number of carbonyl (C=O) groups excluding carboxylic acids is 3. The predicted octanol–water partition coefficient (Wildman–Crippen LogP) is 0.344. The quantitative estimate of drug-likeness (QED) is 0.577. The average Bonchev–Trinajstić information content (AvgIpc) is 2.52. The summed E-state index contributed by atoms with van der Waals surface area (Å²) in [4.78, 5) is 34.5. The Morgan fingerprint density at radius 2 is 1.77 bits per heavy atom. The van der Waals surface area contributed by atoms with Gasteiger partial charge >= 0.3 is 12.0 Å². The van der Waals surface area contributed by atoms with Gasteiger partial charge in [0.05, 0.1) is 4.90 Å². The van der Waals surface area contributed by atoms with Gasteiger partial charge in [-0.15, -0.1) is 0 Å². The molecule has 4 N–H and O–H groups in total. The van der Waals surface area contributed by atoms with Gasteiger partial charge in [-0.3, -0.25) is 14.9 Å². The molecule has 1 atom stereocenters. The molecule has 0 saturated carbocycles. The zero-order valence-corrected chi connectivity index (χ0v) is 15.8. The number of benzene rings is 1. The Hall–Kier alpha value is -2.46. The number of hydrogen-bond donors (Lipinski definition) is 3. The van der Waals surface area contributed by atoms with Crippen LogP contribution in [0.15, 0.2) is 23.1 Å². The molecule has 26 heavy (non-hydrogen) atoms. The SMILES string of the molecule is Cc1ccc(S(=O)(=O)NCC(=O)OC(C(=O)NC(N)=O)C(C)C)cc1C. The van der Waals surface area contributed by atoms with Crippen LogP contribution in [0.25, 0.3) is 0 Å². The third-order valence-corrected chi connectivity index (χ3v) is 4.96. The number of hydrogen-bond acceptors (Lipinski definition) is 6. The molecule has 144 valence electrons. The number of sulfonamides is 1. The Bertz CT molecular complexity index is 804. The van der Waals surface area contributed by atoms with E-state index in [0.29, 0.717) is 0 Å². The summed E-state index contributed by atoms with van der Waals surface area (Å²) in [6.07, 6.45) is -1.28. The van der Waals surface area contributed by atoms with Crippen molar-refractivity contribution in [1.82, 2.24) is 10.0 Å². The molecule has 10 heteroatoms. The number of esters is 1. The van der Waals surface area contributed by atoms with E-state index in [9.17, 15) is 22.8 Å². The van der Waals surface area contributed by atoms with Crippen molar-refractivity contribution in [3.8, 4) is 0 Å². The van der Waals surface area contributed by atoms with Gasteiger partial charge in [-0.2, -0.15) is 4.72 Å². The van der Waals surface area contributed by atoms with Crippen LogP contribution in [-0.4, -0.2) is 39.0 Å². The zero-order chi connectivity index (χ0) is 20.1. The van der Waals surface area contributed by atoms with E-state index in [1.165, 1.54) is 12.1 Å². The summed E-state index contributed by atoms with van der Waals surface area (Å²) < 4.78 is 31.6. The van der Waals surface area contributed by atoms with Crippen LogP contribution in [0.2, 0.25) is 0 Å². The standard InChI is InChI=1S/C16H23N3O6S/c1-9(2)14(15(21)19-16(17)22)25-13(20)8-18-26(23,24)12-6-5-10(3)11(4)7-12/h5-7,9,14,18H,8H2,1-4H3,(H3,17,19,21,22). The minimum Gasteiger partial charge on any atom is -0.451 e. The average molecular weight is 385 g/mol. The van der Waals surface area contributed by atoms with Gasteiger partial charge in [-0.1, -0.05) is 19.9 Å². The number of carbonyl (C=O) groups is 3. The number of imide groups is 1. The Morgan fingerprint density at radius 1 is 1.15 bits per heavy atom. The zero-order valence-electron chi connectivity index (χ0n) is 15.0. The summed E-state index contributed by atoms with van der Waals surface area (Å²) in [6.45, 7) is 6.14. The first-order valence-electron chi connectivity index (χ1n) is 7.80. The second-order valence-corrected chi connectivity index (χ2v) is 7.85. The minimum atomic E-state index is -3.92. The summed E-state index contributed by atoms with van der Waals surface area (Å²) in [5.74, 6) is -2.29. The van der Waals surface area contributed by atoms with Crippen molar-refractivity contribution in [3.05, 3.63) is 29.3 Å². The molecule has 0 aliphatic heterocycles. The van der Waals surface area contributed by atoms with E-state index in [1.54, 1.807) is 26.8 Å². The molecule has 1 rings (SSSR count). The highest BCUT2D eigenvalue weighted by Gasteiger charge is 2.28. The van der Waals surface area contributed by atoms with E-state index < -0.39 is 46.5 Å². The Morgan fingerprint density at radius 3 is 2.27 bits per heavy atom. The van der Waals surface area contributed by atoms with Crippen molar-refractivity contribution in [2.24, 2.45) is 11.7 Å². The van der Waals surface area contributed by atoms with Crippen LogP contribution in [0.4, 0.5) is 4.79 Å². The van der Waals surface area contributed by atoms with Crippen molar-refractivity contribution in [2.75, 3.05) is 6.54 Å². The predicted molar refractivity (Wildman–Crippen MR) is 93.5 cm³/mol. The van der Waals surface area contributed by atoms with Gasteiger partial charge in [-0.05, 0) is 43.0 Å². The van der Waals surface area contributed by atoms with E-state index >= 15 is 0 Å². The Kier molecular flexibility index (Phi) is 7.28. The highest BCUT2D eigenvalue weighted by molar-refractivity contribution is 7.89. The van der Waals surface area contributed by atoms with Gasteiger partial charge < -0.3 is 10.5 Å². The van der Waals surface area contributed by atoms with E-state index in [1.807, 2.05) is 12.2 Å². The molecule has 0 aliphatic carbocycles. The molecule has 0 spiro atoms. The molecular formula is C16H23N3O6S. The Labute approximate surface area is 152 Å². The fraction of sp³-hybridized carbons (Fsp3) is 0.438. The van der Waals surface area contributed by atoms with Crippen LogP contribution in [0.5, 0.6) is 0 Å². The maximum Gasteiger partial charge on any atom is 0.321 e. The van der Waals surface area contributed by atoms with Crippen molar-refractivity contribution >= 4 is 27.9 Å². The molecule has 0 saturated heterocycles. The summed E-state index contributed by atoms with van der Waals surface area (Å²) >= 11 is 0. The molecule has 0 radical (unpaired) electrons. The first kappa shape index (κ1) is 21.6. The summed E-state index contributed by atoms with van der Waals surface area (Å²) in [6, 6.07) is 3.49. The van der Waals surface area contributed by atoms with E-state index in [0.717, 1.165) is 11.1 Å². The third-order valence-electron chi connectivity index (χ3n) is 3.56. The fourth-order valence-corrected chi connectivity index (χ4v) is 3.04. The maximum absolute atomic E-state index is 12.2. The number of primary amides is 1. The number of ether oxygens (including phenoxy) is 1. The summed E-state index contributed by atoms with van der Waals surface area (Å²) in [7, 11) is -3.92. The van der Waals surface area contributed by atoms with Crippen molar-refractivity contribution in [2.45, 2.75) is 38.7 Å². The lowest BCUT2D eigenvalue weighted by atomic mass is 10.1. The van der Waals surface area contributed by atoms with E-state index in [2.05, 4.69) is 4.72 Å². The van der Waals surface area contributed by atoms with Gasteiger partial charge in [0.2, 0.25) is 10.0 Å². The van der Waals surface area contributed by atoms with Gasteiger partial charge in [0.25, 0.3) is 5.91 Å². The molecule has 3 amide bonds. The molecule has 0 bridgehead atoms. The smallest absolute Gasteiger partial charge is 0.321 e. The molecule has 1 unspecified atom stereocenters. The first-order chi connectivity index (χ1) is 11.9. The number of nitrogens with one attached hydrogen (secondary N) is 2. The fourth-order valence-electron chi connectivity index (χ4n) is 1.99. The summed E-state index contributed by atoms with van der Waals surface area (Å²) in [5.41, 5.74) is 6.59. The van der Waals surface area contributed by atoms with Gasteiger partial charge in [0, 0.05) is 0 Å². The largest absolute Gasteiger partial charge is 0.451 e. The number of nitrogens with two attached hydrogens (primary N) is 1. The van der Waals surface area contributed by atoms with Crippen molar-refractivity contribution < 1.29 is 27.5 Å². The van der Waals surface area contributed by atoms with Gasteiger partial charge in [0.15, 0.2) is 6.10 Å². The van der Waals surface area contributed by atoms with E-state index in [-0.39, 0.29) is 4.90 Å². The molecule has 1 aromatic carbocycles. The highest BCUT2D eigenvalue weighted by Crippen LogP contribution is 2.14. The highest BCUT2D eigenvalue weighted by atomic mass is 32.2. The third kappa shape index (κ3) is 6.12. The lowest BCUT2D eigenvalue weighted by Gasteiger charge is -2.20. The Balaban J connectivity index is 2.75. The number of rotatable bonds is 7. The van der Waals surface area contributed by atoms with Crippen LogP contribution in [0.3, 0.4) is 0 Å². The van der Waals surface area contributed by atoms with Crippen molar-refractivity contribution in [1.29, 1.82) is 0 Å². The molecule has 0 aromatic heterocycles. The summed E-state index contributed by atoms with van der Waals surface area (Å²) in [5, 5.41) is 1.82. The number of aryl methyl sites for hydroxylation is 2. The molecular weight excluding hydrogens is 362 g/mol. The molecule has 9 nitrogen and oxygen atoms in total. The van der Waals surface area contributed by atoms with Crippen LogP contribution in [-0.2, 0) is 24.3 Å².